The Morgan fingerprint density at radius 3 is 2.79 bits per heavy atom. The van der Waals surface area contributed by atoms with E-state index in [0.29, 0.717) is 25.3 Å². The van der Waals surface area contributed by atoms with E-state index in [0.717, 1.165) is 5.56 Å². The molecule has 0 spiro atoms. The van der Waals surface area contributed by atoms with Gasteiger partial charge in [-0.3, -0.25) is 9.48 Å². The first kappa shape index (κ1) is 19.3. The Labute approximate surface area is 167 Å². The smallest absolute Gasteiger partial charge is 0.249 e. The number of likely N-dealkylation sites (tertiary alicyclic amines) is 1. The molecule has 0 unspecified atom stereocenters. The molecular formula is C18H20N6O4S. The highest BCUT2D eigenvalue weighted by Crippen LogP contribution is 2.33. The normalized spacial score (nSPS) is 17.2. The molecule has 0 bridgehead atoms. The molecule has 1 aliphatic heterocycles. The van der Waals surface area contributed by atoms with Gasteiger partial charge in [-0.15, -0.1) is 0 Å². The number of aromatic nitrogens is 4. The van der Waals surface area contributed by atoms with E-state index in [9.17, 15) is 13.2 Å². The van der Waals surface area contributed by atoms with Gasteiger partial charge in [0.1, 0.15) is 10.9 Å². The zero-order chi connectivity index (χ0) is 20.4. The maximum absolute atomic E-state index is 12.3. The van der Waals surface area contributed by atoms with E-state index in [2.05, 4.69) is 20.0 Å². The van der Waals surface area contributed by atoms with E-state index in [-0.39, 0.29) is 29.2 Å². The molecular weight excluding hydrogens is 396 g/mol. The Balaban J connectivity index is 1.44. The number of rotatable bonds is 7. The summed E-state index contributed by atoms with van der Waals surface area (Å²) < 4.78 is 33.7. The number of hydrogen-bond donors (Lipinski definition) is 1. The Bertz CT molecular complexity index is 1110. The molecule has 1 N–H and O–H groups in total. The van der Waals surface area contributed by atoms with E-state index < -0.39 is 10.0 Å². The summed E-state index contributed by atoms with van der Waals surface area (Å²) >= 11 is 0. The highest BCUT2D eigenvalue weighted by Gasteiger charge is 2.36. The van der Waals surface area contributed by atoms with Crippen LogP contribution in [0, 0.1) is 0 Å². The molecule has 152 valence electrons. The van der Waals surface area contributed by atoms with Gasteiger partial charge in [0, 0.05) is 26.2 Å². The molecule has 0 saturated carbocycles. The molecule has 1 aromatic carbocycles. The fraction of sp³-hybridized carbons (Fsp3) is 0.333. The van der Waals surface area contributed by atoms with Crippen LogP contribution >= 0.6 is 0 Å². The standard InChI is InChI=1S/C18H20N6O4S/c1-23-12-14(9-19-23)29(26,27)20-10-16-21-18(28-22-16)15-7-8-17(25)24(15)11-13-5-3-2-4-6-13/h2-6,9,12,15,20H,7-8,10-11H2,1H3/t15-/m0/s1. The lowest BCUT2D eigenvalue weighted by Crippen LogP contribution is -2.27. The average molecular weight is 416 g/mol. The lowest BCUT2D eigenvalue weighted by Gasteiger charge is -2.22. The summed E-state index contributed by atoms with van der Waals surface area (Å²) in [6.45, 7) is 0.329. The fourth-order valence-electron chi connectivity index (χ4n) is 3.22. The van der Waals surface area contributed by atoms with Gasteiger partial charge in [0.2, 0.25) is 21.8 Å². The van der Waals surface area contributed by atoms with Crippen molar-refractivity contribution in [3.8, 4) is 0 Å². The van der Waals surface area contributed by atoms with Crippen LogP contribution in [0.5, 0.6) is 0 Å². The number of sulfonamides is 1. The number of carbonyl (C=O) groups excluding carboxylic acids is 1. The monoisotopic (exact) mass is 416 g/mol. The van der Waals surface area contributed by atoms with Crippen LogP contribution < -0.4 is 4.72 Å². The molecule has 0 radical (unpaired) electrons. The van der Waals surface area contributed by atoms with Crippen LogP contribution in [0.2, 0.25) is 0 Å². The van der Waals surface area contributed by atoms with Crippen LogP contribution in [-0.4, -0.2) is 39.1 Å². The number of hydrogen-bond acceptors (Lipinski definition) is 7. The van der Waals surface area contributed by atoms with E-state index in [1.165, 1.54) is 17.1 Å². The summed E-state index contributed by atoms with van der Waals surface area (Å²) in [5.74, 6) is 0.532. The zero-order valence-electron chi connectivity index (χ0n) is 15.7. The molecule has 0 aliphatic carbocycles. The first-order valence-corrected chi connectivity index (χ1v) is 10.5. The number of nitrogens with one attached hydrogen (secondary N) is 1. The van der Waals surface area contributed by atoms with Gasteiger partial charge in [0.25, 0.3) is 0 Å². The summed E-state index contributed by atoms with van der Waals surface area (Å²) in [5.41, 5.74) is 1.01. The topological polar surface area (TPSA) is 123 Å². The molecule has 11 heteroatoms. The van der Waals surface area contributed by atoms with Gasteiger partial charge in [-0.25, -0.2) is 13.1 Å². The molecule has 4 rings (SSSR count). The summed E-state index contributed by atoms with van der Waals surface area (Å²) in [5, 5.41) is 7.71. The molecule has 3 heterocycles. The Morgan fingerprint density at radius 1 is 1.28 bits per heavy atom. The van der Waals surface area contributed by atoms with Crippen LogP contribution in [-0.2, 0) is 35.0 Å². The number of carbonyl (C=O) groups is 1. The van der Waals surface area contributed by atoms with Gasteiger partial charge in [-0.05, 0) is 12.0 Å². The molecule has 1 saturated heterocycles. The average Bonchev–Trinajstić information content (AvgIpc) is 3.43. The third kappa shape index (κ3) is 4.20. The largest absolute Gasteiger partial charge is 0.337 e. The van der Waals surface area contributed by atoms with Crippen LogP contribution in [0.4, 0.5) is 0 Å². The summed E-state index contributed by atoms with van der Waals surface area (Å²) in [7, 11) is -2.09. The minimum atomic E-state index is -3.73. The summed E-state index contributed by atoms with van der Waals surface area (Å²) in [6, 6.07) is 9.35. The summed E-state index contributed by atoms with van der Waals surface area (Å²) in [4.78, 5) is 18.4. The SMILES string of the molecule is Cn1cc(S(=O)(=O)NCc2noc([C@@H]3CCC(=O)N3Cc3ccccc3)n2)cn1. The highest BCUT2D eigenvalue weighted by molar-refractivity contribution is 7.89. The number of aryl methyl sites for hydroxylation is 1. The lowest BCUT2D eigenvalue weighted by molar-refractivity contribution is -0.130. The van der Waals surface area contributed by atoms with Crippen molar-refractivity contribution < 1.29 is 17.7 Å². The van der Waals surface area contributed by atoms with Crippen molar-refractivity contribution in [2.75, 3.05) is 0 Å². The first-order chi connectivity index (χ1) is 13.9. The molecule has 1 atom stereocenters. The number of amides is 1. The van der Waals surface area contributed by atoms with Crippen LogP contribution in [0.15, 0.2) is 52.1 Å². The van der Waals surface area contributed by atoms with Gasteiger partial charge in [0.15, 0.2) is 5.82 Å². The molecule has 2 aromatic heterocycles. The van der Waals surface area contributed by atoms with E-state index >= 15 is 0 Å². The second kappa shape index (κ2) is 7.76. The van der Waals surface area contributed by atoms with Crippen molar-refractivity contribution in [1.29, 1.82) is 0 Å². The number of nitrogens with zero attached hydrogens (tertiary/aromatic N) is 5. The fourth-order valence-corrected chi connectivity index (χ4v) is 4.19. The van der Waals surface area contributed by atoms with Gasteiger partial charge in [0.05, 0.1) is 12.7 Å². The predicted molar refractivity (Wildman–Crippen MR) is 100 cm³/mol. The van der Waals surface area contributed by atoms with Crippen molar-refractivity contribution >= 4 is 15.9 Å². The molecule has 1 fully saturated rings. The molecule has 1 aliphatic rings. The maximum Gasteiger partial charge on any atom is 0.249 e. The Hall–Kier alpha value is -3.05. The van der Waals surface area contributed by atoms with Crippen molar-refractivity contribution in [1.82, 2.24) is 29.5 Å². The van der Waals surface area contributed by atoms with Crippen molar-refractivity contribution in [3.63, 3.8) is 0 Å². The van der Waals surface area contributed by atoms with E-state index in [1.54, 1.807) is 11.9 Å². The number of benzene rings is 1. The maximum atomic E-state index is 12.3. The van der Waals surface area contributed by atoms with E-state index in [1.807, 2.05) is 30.3 Å². The minimum absolute atomic E-state index is 0.0240. The Kier molecular flexibility index (Phi) is 5.16. The highest BCUT2D eigenvalue weighted by atomic mass is 32.2. The van der Waals surface area contributed by atoms with Crippen molar-refractivity contribution in [2.45, 2.75) is 36.9 Å². The third-order valence-corrected chi connectivity index (χ3v) is 6.06. The second-order valence-corrected chi connectivity index (χ2v) is 8.55. The van der Waals surface area contributed by atoms with Gasteiger partial charge >= 0.3 is 0 Å². The van der Waals surface area contributed by atoms with Crippen molar-refractivity contribution in [3.05, 3.63) is 60.0 Å². The Morgan fingerprint density at radius 2 is 2.07 bits per heavy atom. The van der Waals surface area contributed by atoms with Crippen LogP contribution in [0.1, 0.15) is 36.2 Å². The summed E-state index contributed by atoms with van der Waals surface area (Å²) in [6.07, 6.45) is 3.64. The van der Waals surface area contributed by atoms with Crippen LogP contribution in [0.3, 0.4) is 0 Å². The lowest BCUT2D eigenvalue weighted by atomic mass is 10.2. The molecule has 3 aromatic rings. The van der Waals surface area contributed by atoms with Crippen LogP contribution in [0.25, 0.3) is 0 Å². The minimum Gasteiger partial charge on any atom is -0.337 e. The third-order valence-electron chi connectivity index (χ3n) is 4.70. The molecule has 29 heavy (non-hydrogen) atoms. The van der Waals surface area contributed by atoms with Gasteiger partial charge < -0.3 is 9.42 Å². The molecule has 10 nitrogen and oxygen atoms in total. The first-order valence-electron chi connectivity index (χ1n) is 9.06. The van der Waals surface area contributed by atoms with E-state index in [4.69, 9.17) is 4.52 Å². The predicted octanol–water partition coefficient (Wildman–Crippen LogP) is 1.15. The second-order valence-electron chi connectivity index (χ2n) is 6.78. The van der Waals surface area contributed by atoms with Crippen molar-refractivity contribution in [2.24, 2.45) is 7.05 Å². The zero-order valence-corrected chi connectivity index (χ0v) is 16.5. The van der Waals surface area contributed by atoms with Gasteiger partial charge in [-0.2, -0.15) is 10.1 Å². The van der Waals surface area contributed by atoms with Gasteiger partial charge in [-0.1, -0.05) is 35.5 Å². The molecule has 1 amide bonds. The quantitative estimate of drug-likeness (QED) is 0.613.